The molecule has 0 aliphatic carbocycles. The molecule has 0 saturated carbocycles. The average Bonchev–Trinajstić information content (AvgIpc) is 2.72. The lowest BCUT2D eigenvalue weighted by molar-refractivity contribution is -0.384. The molecule has 0 heterocycles. The van der Waals surface area contributed by atoms with E-state index in [9.17, 15) is 24.8 Å². The number of carbonyl (C=O) groups excluding carboxylic acids is 1. The number of carboxylic acid groups (broad SMARTS) is 1. The second-order valence-corrected chi connectivity index (χ2v) is 8.45. The van der Waals surface area contributed by atoms with Gasteiger partial charge in [0, 0.05) is 12.1 Å². The molecule has 0 spiro atoms. The minimum atomic E-state index is -1.14. The molecule has 0 aliphatic rings. The van der Waals surface area contributed by atoms with Gasteiger partial charge in [0.05, 0.1) is 24.0 Å². The molecule has 1 aromatic rings. The van der Waals surface area contributed by atoms with Gasteiger partial charge in [0.1, 0.15) is 17.5 Å². The van der Waals surface area contributed by atoms with Gasteiger partial charge in [-0.15, -0.1) is 0 Å². The first kappa shape index (κ1) is 28.3. The van der Waals surface area contributed by atoms with Crippen LogP contribution in [0.4, 0.5) is 11.4 Å². The van der Waals surface area contributed by atoms with Crippen LogP contribution < -0.4 is 15.4 Å². The van der Waals surface area contributed by atoms with Gasteiger partial charge >= 0.3 is 5.97 Å². The number of hydrogen-bond acceptors (Lipinski definition) is 7. The van der Waals surface area contributed by atoms with Crippen LogP contribution in [0.2, 0.25) is 0 Å². The second kappa shape index (κ2) is 14.4. The van der Waals surface area contributed by atoms with Crippen molar-refractivity contribution in [3.05, 3.63) is 28.3 Å². The van der Waals surface area contributed by atoms with Crippen LogP contribution in [0.1, 0.15) is 60.3 Å². The quantitative estimate of drug-likeness (QED) is 0.191. The number of nitrogens with zero attached hydrogens (tertiary/aromatic N) is 2. The highest BCUT2D eigenvalue weighted by atomic mass is 16.6. The van der Waals surface area contributed by atoms with E-state index in [1.165, 1.54) is 18.2 Å². The Morgan fingerprint density at radius 3 is 2.36 bits per heavy atom. The number of unbranched alkanes of at least 4 members (excludes halogenated alkanes) is 2. The number of benzene rings is 1. The number of nitrogens with one attached hydrogen (secondary N) is 2. The van der Waals surface area contributed by atoms with E-state index in [0.717, 1.165) is 25.8 Å². The SMILES string of the molecule is CCOc1ccc(NC(=O)C[C@H](NCCCCCN(C(C)C)C(C)C)C(=O)O)c([N+](=O)[O-])c1. The van der Waals surface area contributed by atoms with Crippen molar-refractivity contribution in [2.45, 2.75) is 78.4 Å². The van der Waals surface area contributed by atoms with E-state index >= 15 is 0 Å². The van der Waals surface area contributed by atoms with E-state index < -0.39 is 22.8 Å². The van der Waals surface area contributed by atoms with Gasteiger partial charge in [-0.2, -0.15) is 0 Å². The summed E-state index contributed by atoms with van der Waals surface area (Å²) in [6, 6.07) is 4.00. The molecule has 1 aromatic carbocycles. The maximum Gasteiger partial charge on any atom is 0.321 e. The Kier molecular flexibility index (Phi) is 12.4. The predicted octanol–water partition coefficient (Wildman–Crippen LogP) is 3.65. The maximum atomic E-state index is 12.4. The van der Waals surface area contributed by atoms with E-state index in [4.69, 9.17) is 4.74 Å². The van der Waals surface area contributed by atoms with Crippen LogP contribution in [0.5, 0.6) is 5.75 Å². The molecule has 0 unspecified atom stereocenters. The number of hydrogen-bond donors (Lipinski definition) is 3. The highest BCUT2D eigenvalue weighted by Crippen LogP contribution is 2.29. The second-order valence-electron chi connectivity index (χ2n) is 8.45. The monoisotopic (exact) mass is 466 g/mol. The normalized spacial score (nSPS) is 12.2. The van der Waals surface area contributed by atoms with Crippen LogP contribution in [0.3, 0.4) is 0 Å². The number of aliphatic carboxylic acids is 1. The predicted molar refractivity (Wildman–Crippen MR) is 128 cm³/mol. The third-order valence-electron chi connectivity index (χ3n) is 5.25. The molecule has 1 atom stereocenters. The molecule has 3 N–H and O–H groups in total. The van der Waals surface area contributed by atoms with E-state index in [1.807, 2.05) is 0 Å². The summed E-state index contributed by atoms with van der Waals surface area (Å²) < 4.78 is 5.25. The number of rotatable bonds is 16. The molecule has 0 aliphatic heterocycles. The standard InChI is InChI=1S/C23H38N4O6/c1-6-33-18-10-11-19(21(14-18)27(31)32)25-22(28)15-20(23(29)30)24-12-8-7-9-13-26(16(2)3)17(4)5/h10-11,14,16-17,20,24H,6-9,12-13,15H2,1-5H3,(H,25,28)(H,29,30)/t20-/m0/s1. The largest absolute Gasteiger partial charge is 0.494 e. The summed E-state index contributed by atoms with van der Waals surface area (Å²) in [5, 5.41) is 26.1. The summed E-state index contributed by atoms with van der Waals surface area (Å²) in [6.07, 6.45) is 2.41. The third-order valence-corrected chi connectivity index (χ3v) is 5.25. The molecular weight excluding hydrogens is 428 g/mol. The summed E-state index contributed by atoms with van der Waals surface area (Å²) in [5.74, 6) is -1.44. The Bertz CT molecular complexity index is 776. The lowest BCUT2D eigenvalue weighted by Gasteiger charge is -2.30. The van der Waals surface area contributed by atoms with Crippen molar-refractivity contribution in [3.8, 4) is 5.75 Å². The fraction of sp³-hybridized carbons (Fsp3) is 0.652. The van der Waals surface area contributed by atoms with Crippen molar-refractivity contribution in [1.29, 1.82) is 0 Å². The molecule has 33 heavy (non-hydrogen) atoms. The van der Waals surface area contributed by atoms with Crippen molar-refractivity contribution in [2.24, 2.45) is 0 Å². The minimum Gasteiger partial charge on any atom is -0.494 e. The smallest absolute Gasteiger partial charge is 0.321 e. The zero-order valence-corrected chi connectivity index (χ0v) is 20.3. The van der Waals surface area contributed by atoms with Gasteiger partial charge in [0.2, 0.25) is 5.91 Å². The molecule has 10 nitrogen and oxygen atoms in total. The summed E-state index contributed by atoms with van der Waals surface area (Å²) in [7, 11) is 0. The van der Waals surface area contributed by atoms with Crippen molar-refractivity contribution < 1.29 is 24.4 Å². The molecule has 186 valence electrons. The van der Waals surface area contributed by atoms with Gasteiger partial charge in [0.15, 0.2) is 0 Å². The molecule has 10 heteroatoms. The van der Waals surface area contributed by atoms with Crippen LogP contribution >= 0.6 is 0 Å². The van der Waals surface area contributed by atoms with Crippen LogP contribution in [0.25, 0.3) is 0 Å². The summed E-state index contributed by atoms with van der Waals surface area (Å²) in [5.41, 5.74) is -0.316. The topological polar surface area (TPSA) is 134 Å². The fourth-order valence-corrected chi connectivity index (χ4v) is 3.64. The zero-order valence-electron chi connectivity index (χ0n) is 20.3. The van der Waals surface area contributed by atoms with Crippen LogP contribution in [-0.2, 0) is 9.59 Å². The summed E-state index contributed by atoms with van der Waals surface area (Å²) in [6.45, 7) is 12.3. The number of nitro groups is 1. The van der Waals surface area contributed by atoms with Gasteiger partial charge < -0.3 is 20.5 Å². The lowest BCUT2D eigenvalue weighted by atomic mass is 10.1. The number of carbonyl (C=O) groups is 2. The number of anilines is 1. The number of ether oxygens (including phenoxy) is 1. The molecule has 0 radical (unpaired) electrons. The van der Waals surface area contributed by atoms with E-state index in [-0.39, 0.29) is 17.8 Å². The fourth-order valence-electron chi connectivity index (χ4n) is 3.64. The molecular formula is C23H38N4O6. The molecule has 1 rings (SSSR count). The molecule has 0 bridgehead atoms. The Morgan fingerprint density at radius 2 is 1.82 bits per heavy atom. The average molecular weight is 467 g/mol. The van der Waals surface area contributed by atoms with Crippen LogP contribution in [0, 0.1) is 10.1 Å². The number of carboxylic acids is 1. The number of nitro benzene ring substituents is 1. The molecule has 1 amide bonds. The van der Waals surface area contributed by atoms with Gasteiger partial charge in [-0.05, 0) is 72.7 Å². The van der Waals surface area contributed by atoms with E-state index in [2.05, 4.69) is 43.2 Å². The Morgan fingerprint density at radius 1 is 1.15 bits per heavy atom. The third kappa shape index (κ3) is 10.2. The molecule has 0 saturated heterocycles. The van der Waals surface area contributed by atoms with Gasteiger partial charge in [-0.1, -0.05) is 6.42 Å². The first-order valence-electron chi connectivity index (χ1n) is 11.5. The van der Waals surface area contributed by atoms with Crippen molar-refractivity contribution in [1.82, 2.24) is 10.2 Å². The minimum absolute atomic E-state index is 0.00236. The van der Waals surface area contributed by atoms with E-state index in [0.29, 0.717) is 31.0 Å². The first-order valence-corrected chi connectivity index (χ1v) is 11.5. The van der Waals surface area contributed by atoms with Crippen LogP contribution in [-0.4, -0.2) is 64.6 Å². The van der Waals surface area contributed by atoms with Gasteiger partial charge in [-0.25, -0.2) is 0 Å². The maximum absolute atomic E-state index is 12.4. The molecule has 0 aromatic heterocycles. The first-order chi connectivity index (χ1) is 15.6. The zero-order chi connectivity index (χ0) is 25.0. The number of amides is 1. The van der Waals surface area contributed by atoms with Crippen molar-refractivity contribution >= 4 is 23.3 Å². The summed E-state index contributed by atoms with van der Waals surface area (Å²) in [4.78, 5) is 37.1. The van der Waals surface area contributed by atoms with Gasteiger partial charge in [-0.3, -0.25) is 24.6 Å². The lowest BCUT2D eigenvalue weighted by Crippen LogP contribution is -2.40. The Labute approximate surface area is 195 Å². The van der Waals surface area contributed by atoms with Gasteiger partial charge in [0.25, 0.3) is 5.69 Å². The van der Waals surface area contributed by atoms with Crippen molar-refractivity contribution in [2.75, 3.05) is 25.0 Å². The highest BCUT2D eigenvalue weighted by Gasteiger charge is 2.23. The Balaban J connectivity index is 2.55. The van der Waals surface area contributed by atoms with E-state index in [1.54, 1.807) is 6.92 Å². The van der Waals surface area contributed by atoms with Crippen molar-refractivity contribution in [3.63, 3.8) is 0 Å². The summed E-state index contributed by atoms with van der Waals surface area (Å²) >= 11 is 0. The van der Waals surface area contributed by atoms with Crippen LogP contribution in [0.15, 0.2) is 18.2 Å². The Hall–Kier alpha value is -2.72. The highest BCUT2D eigenvalue weighted by molar-refractivity contribution is 5.95. The molecule has 0 fully saturated rings.